The predicted octanol–water partition coefficient (Wildman–Crippen LogP) is 2.31. The zero-order chi connectivity index (χ0) is 20.5. The SMILES string of the molecule is CC1=C(C(=O)NCCC(C)C)C2(CCN(S(=O)(=O)c3cccs3)CC2)OC1=O. The lowest BCUT2D eigenvalue weighted by molar-refractivity contribution is -0.150. The second-order valence-electron chi connectivity index (χ2n) is 7.66. The second-order valence-corrected chi connectivity index (χ2v) is 10.8. The van der Waals surface area contributed by atoms with Crippen LogP contribution in [0.15, 0.2) is 32.9 Å². The molecule has 1 N–H and O–H groups in total. The second kappa shape index (κ2) is 7.96. The molecule has 9 heteroatoms. The number of thiophene rings is 1. The van der Waals surface area contributed by atoms with Crippen molar-refractivity contribution in [3.05, 3.63) is 28.7 Å². The molecule has 1 spiro atoms. The lowest BCUT2D eigenvalue weighted by Gasteiger charge is -2.38. The maximum Gasteiger partial charge on any atom is 0.335 e. The van der Waals surface area contributed by atoms with Gasteiger partial charge in [-0.25, -0.2) is 13.2 Å². The third-order valence-electron chi connectivity index (χ3n) is 5.28. The Morgan fingerprint density at radius 3 is 2.61 bits per heavy atom. The van der Waals surface area contributed by atoms with Gasteiger partial charge in [-0.2, -0.15) is 4.31 Å². The largest absolute Gasteiger partial charge is 0.450 e. The molecule has 2 aliphatic rings. The van der Waals surface area contributed by atoms with Crippen molar-refractivity contribution in [1.29, 1.82) is 0 Å². The van der Waals surface area contributed by atoms with Crippen LogP contribution in [0.25, 0.3) is 0 Å². The Labute approximate surface area is 169 Å². The first-order chi connectivity index (χ1) is 13.2. The van der Waals surface area contributed by atoms with Crippen molar-refractivity contribution in [3.8, 4) is 0 Å². The number of nitrogens with zero attached hydrogens (tertiary/aromatic N) is 1. The van der Waals surface area contributed by atoms with E-state index >= 15 is 0 Å². The molecule has 1 fully saturated rings. The van der Waals surface area contributed by atoms with Crippen molar-refractivity contribution < 1.29 is 22.7 Å². The highest BCUT2D eigenvalue weighted by molar-refractivity contribution is 7.91. The lowest BCUT2D eigenvalue weighted by atomic mass is 9.83. The summed E-state index contributed by atoms with van der Waals surface area (Å²) in [5.74, 6) is -0.335. The third-order valence-corrected chi connectivity index (χ3v) is 8.55. The first-order valence-corrected chi connectivity index (χ1v) is 11.8. The number of carbonyl (C=O) groups excluding carboxylic acids is 2. The molecule has 28 heavy (non-hydrogen) atoms. The van der Waals surface area contributed by atoms with Crippen molar-refractivity contribution in [3.63, 3.8) is 0 Å². The molecule has 0 unspecified atom stereocenters. The van der Waals surface area contributed by atoms with E-state index in [1.54, 1.807) is 24.4 Å². The maximum atomic E-state index is 12.8. The van der Waals surface area contributed by atoms with Gasteiger partial charge in [0.1, 0.15) is 9.81 Å². The summed E-state index contributed by atoms with van der Waals surface area (Å²) in [6.45, 7) is 6.67. The molecule has 3 rings (SSSR count). The molecule has 7 nitrogen and oxygen atoms in total. The number of hydrogen-bond acceptors (Lipinski definition) is 6. The van der Waals surface area contributed by atoms with Gasteiger partial charge in [-0.15, -0.1) is 11.3 Å². The van der Waals surface area contributed by atoms with E-state index in [0.29, 0.717) is 27.8 Å². The van der Waals surface area contributed by atoms with Gasteiger partial charge in [-0.05, 0) is 30.7 Å². The van der Waals surface area contributed by atoms with Crippen molar-refractivity contribution >= 4 is 33.2 Å². The van der Waals surface area contributed by atoms with E-state index < -0.39 is 21.6 Å². The van der Waals surface area contributed by atoms with Gasteiger partial charge in [0, 0.05) is 38.0 Å². The van der Waals surface area contributed by atoms with Crippen LogP contribution in [0, 0.1) is 5.92 Å². The number of rotatable bonds is 6. The molecule has 3 heterocycles. The van der Waals surface area contributed by atoms with Crippen LogP contribution in [0.1, 0.15) is 40.0 Å². The van der Waals surface area contributed by atoms with Gasteiger partial charge in [0.05, 0.1) is 5.57 Å². The molecule has 0 aliphatic carbocycles. The zero-order valence-electron chi connectivity index (χ0n) is 16.4. The van der Waals surface area contributed by atoms with Crippen LogP contribution in [0.3, 0.4) is 0 Å². The first-order valence-electron chi connectivity index (χ1n) is 9.44. The predicted molar refractivity (Wildman–Crippen MR) is 106 cm³/mol. The van der Waals surface area contributed by atoms with Gasteiger partial charge in [-0.3, -0.25) is 4.79 Å². The van der Waals surface area contributed by atoms with E-state index in [0.717, 1.165) is 6.42 Å². The molecule has 0 radical (unpaired) electrons. The molecular weight excluding hydrogens is 400 g/mol. The van der Waals surface area contributed by atoms with Crippen molar-refractivity contribution in [1.82, 2.24) is 9.62 Å². The molecule has 1 saturated heterocycles. The van der Waals surface area contributed by atoms with Gasteiger partial charge >= 0.3 is 5.97 Å². The molecule has 2 aliphatic heterocycles. The Kier molecular flexibility index (Phi) is 5.97. The summed E-state index contributed by atoms with van der Waals surface area (Å²) in [5, 5.41) is 4.61. The Hall–Kier alpha value is -1.71. The molecular formula is C19H26N2O5S2. The summed E-state index contributed by atoms with van der Waals surface area (Å²) < 4.78 is 32.8. The van der Waals surface area contributed by atoms with Crippen LogP contribution in [0.4, 0.5) is 0 Å². The minimum absolute atomic E-state index is 0.198. The first kappa shape index (κ1) is 21.0. The zero-order valence-corrected chi connectivity index (χ0v) is 18.0. The Morgan fingerprint density at radius 1 is 1.36 bits per heavy atom. The minimum Gasteiger partial charge on any atom is -0.450 e. The van der Waals surface area contributed by atoms with Crippen molar-refractivity contribution in [2.75, 3.05) is 19.6 Å². The van der Waals surface area contributed by atoms with Crippen LogP contribution in [-0.2, 0) is 24.3 Å². The third kappa shape index (κ3) is 3.88. The minimum atomic E-state index is -3.56. The summed E-state index contributed by atoms with van der Waals surface area (Å²) in [6.07, 6.45) is 1.38. The number of amides is 1. The molecule has 1 amide bonds. The fourth-order valence-electron chi connectivity index (χ4n) is 3.67. The van der Waals surface area contributed by atoms with Crippen LogP contribution in [0.5, 0.6) is 0 Å². The highest BCUT2D eigenvalue weighted by Gasteiger charge is 2.52. The molecule has 0 aromatic carbocycles. The average molecular weight is 427 g/mol. The van der Waals surface area contributed by atoms with Crippen molar-refractivity contribution in [2.45, 2.75) is 49.8 Å². The standard InChI is InChI=1S/C19H26N2O5S2/c1-13(2)6-9-20-17(22)16-14(3)18(23)26-19(16)7-10-21(11-8-19)28(24,25)15-5-4-12-27-15/h4-5,12-13H,6-11H2,1-3H3,(H,20,22). The van der Waals surface area contributed by atoms with Crippen LogP contribution in [-0.4, -0.2) is 49.8 Å². The Bertz CT molecular complexity index is 879. The van der Waals surface area contributed by atoms with E-state index in [2.05, 4.69) is 19.2 Å². The highest BCUT2D eigenvalue weighted by Crippen LogP contribution is 2.42. The van der Waals surface area contributed by atoms with E-state index in [-0.39, 0.29) is 31.8 Å². The summed E-state index contributed by atoms with van der Waals surface area (Å²) in [4.78, 5) is 25.0. The van der Waals surface area contributed by atoms with E-state index in [1.807, 2.05) is 0 Å². The lowest BCUT2D eigenvalue weighted by Crippen LogP contribution is -2.50. The fourth-order valence-corrected chi connectivity index (χ4v) is 6.25. The van der Waals surface area contributed by atoms with E-state index in [4.69, 9.17) is 4.74 Å². The highest BCUT2D eigenvalue weighted by atomic mass is 32.2. The van der Waals surface area contributed by atoms with Gasteiger partial charge in [-0.1, -0.05) is 19.9 Å². The molecule has 0 bridgehead atoms. The topological polar surface area (TPSA) is 92.8 Å². The van der Waals surface area contributed by atoms with Gasteiger partial charge in [0.15, 0.2) is 0 Å². The number of ether oxygens (including phenoxy) is 1. The molecule has 0 saturated carbocycles. The van der Waals surface area contributed by atoms with E-state index in [9.17, 15) is 18.0 Å². The molecule has 0 atom stereocenters. The fraction of sp³-hybridized carbons (Fsp3) is 0.579. The monoisotopic (exact) mass is 426 g/mol. The number of hydrogen-bond donors (Lipinski definition) is 1. The van der Waals surface area contributed by atoms with Gasteiger partial charge in [0.2, 0.25) is 0 Å². The number of nitrogens with one attached hydrogen (secondary N) is 1. The molecule has 1 aromatic heterocycles. The number of sulfonamides is 1. The number of carbonyl (C=O) groups is 2. The summed E-state index contributed by atoms with van der Waals surface area (Å²) in [7, 11) is -3.56. The van der Waals surface area contributed by atoms with Crippen LogP contribution >= 0.6 is 11.3 Å². The Morgan fingerprint density at radius 2 is 2.04 bits per heavy atom. The normalized spacial score (nSPS) is 20.1. The van der Waals surface area contributed by atoms with Crippen molar-refractivity contribution in [2.24, 2.45) is 5.92 Å². The summed E-state index contributed by atoms with van der Waals surface area (Å²) >= 11 is 1.18. The number of piperidine rings is 1. The average Bonchev–Trinajstić information content (AvgIpc) is 3.24. The molecule has 1 aromatic rings. The summed E-state index contributed by atoms with van der Waals surface area (Å²) in [5.41, 5.74) is -0.365. The quantitative estimate of drug-likeness (QED) is 0.705. The molecule has 154 valence electrons. The Balaban J connectivity index is 1.75. The van der Waals surface area contributed by atoms with Crippen LogP contribution in [0.2, 0.25) is 0 Å². The smallest absolute Gasteiger partial charge is 0.335 e. The summed E-state index contributed by atoms with van der Waals surface area (Å²) in [6, 6.07) is 3.28. The van der Waals surface area contributed by atoms with Crippen LogP contribution < -0.4 is 5.32 Å². The number of esters is 1. The van der Waals surface area contributed by atoms with Gasteiger partial charge in [0.25, 0.3) is 15.9 Å². The van der Waals surface area contributed by atoms with Gasteiger partial charge < -0.3 is 10.1 Å². The maximum absolute atomic E-state index is 12.8. The van der Waals surface area contributed by atoms with E-state index in [1.165, 1.54) is 15.6 Å².